The highest BCUT2D eigenvalue weighted by atomic mass is 16.2. The van der Waals surface area contributed by atoms with E-state index in [0.717, 1.165) is 18.4 Å². The lowest BCUT2D eigenvalue weighted by molar-refractivity contribution is 0.0773. The van der Waals surface area contributed by atoms with Crippen LogP contribution in [0.25, 0.3) is 17.5 Å². The second-order valence-electron chi connectivity index (χ2n) is 6.20. The van der Waals surface area contributed by atoms with Crippen molar-refractivity contribution in [2.45, 2.75) is 19.8 Å². The fourth-order valence-electron chi connectivity index (χ4n) is 2.82. The van der Waals surface area contributed by atoms with E-state index < -0.39 is 0 Å². The van der Waals surface area contributed by atoms with Crippen LogP contribution in [-0.2, 0) is 0 Å². The molecule has 0 fully saturated rings. The summed E-state index contributed by atoms with van der Waals surface area (Å²) in [7, 11) is 0. The van der Waals surface area contributed by atoms with E-state index in [4.69, 9.17) is 0 Å². The Balaban J connectivity index is 1.81. The van der Waals surface area contributed by atoms with Gasteiger partial charge in [-0.2, -0.15) is 5.21 Å². The van der Waals surface area contributed by atoms with Crippen molar-refractivity contribution in [3.8, 4) is 11.4 Å². The average Bonchev–Trinajstić information content (AvgIpc) is 3.25. The van der Waals surface area contributed by atoms with E-state index in [-0.39, 0.29) is 5.91 Å². The van der Waals surface area contributed by atoms with Gasteiger partial charge in [0.05, 0.1) is 5.56 Å². The number of aromatic nitrogens is 4. The van der Waals surface area contributed by atoms with Gasteiger partial charge in [-0.1, -0.05) is 74.0 Å². The summed E-state index contributed by atoms with van der Waals surface area (Å²) in [4.78, 5) is 15.1. The normalized spacial score (nSPS) is 11.0. The molecule has 0 bridgehead atoms. The fraction of sp³-hybridized carbons (Fsp3) is 0.238. The molecule has 6 nitrogen and oxygen atoms in total. The second-order valence-corrected chi connectivity index (χ2v) is 6.20. The molecule has 1 amide bonds. The molecule has 1 heterocycles. The van der Waals surface area contributed by atoms with Gasteiger partial charge in [-0.05, 0) is 23.3 Å². The number of carbonyl (C=O) groups is 1. The molecule has 0 aliphatic carbocycles. The summed E-state index contributed by atoms with van der Waals surface area (Å²) in [6, 6.07) is 17.5. The van der Waals surface area contributed by atoms with Gasteiger partial charge in [-0.25, -0.2) is 0 Å². The Kier molecular flexibility index (Phi) is 6.46. The minimum Gasteiger partial charge on any atom is -0.335 e. The predicted octanol–water partition coefficient (Wildman–Crippen LogP) is 3.82. The molecule has 1 N–H and O–H groups in total. The quantitative estimate of drug-likeness (QED) is 0.662. The van der Waals surface area contributed by atoms with Crippen molar-refractivity contribution in [1.82, 2.24) is 25.5 Å². The summed E-state index contributed by atoms with van der Waals surface area (Å²) in [6.45, 7) is 3.37. The van der Waals surface area contributed by atoms with Crippen molar-refractivity contribution in [3.63, 3.8) is 0 Å². The SMILES string of the molecule is CCCCN(CC=Cc1ccccc1)C(=O)c1ccccc1-c1nn[nH]n1. The summed E-state index contributed by atoms with van der Waals surface area (Å²) in [5, 5.41) is 14.1. The smallest absolute Gasteiger partial charge is 0.254 e. The van der Waals surface area contributed by atoms with E-state index in [1.807, 2.05) is 71.6 Å². The lowest BCUT2D eigenvalue weighted by Crippen LogP contribution is -2.32. The number of carbonyl (C=O) groups excluding carboxylic acids is 1. The van der Waals surface area contributed by atoms with Gasteiger partial charge >= 0.3 is 0 Å². The summed E-state index contributed by atoms with van der Waals surface area (Å²) in [5.41, 5.74) is 2.39. The van der Waals surface area contributed by atoms with Crippen LogP contribution in [0.2, 0.25) is 0 Å². The van der Waals surface area contributed by atoms with Crippen molar-refractivity contribution in [2.24, 2.45) is 0 Å². The minimum absolute atomic E-state index is 0.0263. The number of nitrogens with zero attached hydrogens (tertiary/aromatic N) is 4. The molecule has 0 aliphatic rings. The van der Waals surface area contributed by atoms with Crippen LogP contribution in [0, 0.1) is 0 Å². The molecule has 0 radical (unpaired) electrons. The number of hydrogen-bond donors (Lipinski definition) is 1. The molecule has 0 atom stereocenters. The molecule has 1 aromatic heterocycles. The number of unbranched alkanes of at least 4 members (excludes halogenated alkanes) is 1. The van der Waals surface area contributed by atoms with Gasteiger partial charge in [0.25, 0.3) is 5.91 Å². The van der Waals surface area contributed by atoms with E-state index in [9.17, 15) is 4.79 Å². The lowest BCUT2D eigenvalue weighted by atomic mass is 10.1. The Morgan fingerprint density at radius 3 is 2.63 bits per heavy atom. The van der Waals surface area contributed by atoms with Crippen molar-refractivity contribution >= 4 is 12.0 Å². The van der Waals surface area contributed by atoms with Crippen LogP contribution >= 0.6 is 0 Å². The summed E-state index contributed by atoms with van der Waals surface area (Å²) in [5.74, 6) is 0.399. The van der Waals surface area contributed by atoms with Crippen LogP contribution in [0.3, 0.4) is 0 Å². The molecule has 0 aliphatic heterocycles. The maximum Gasteiger partial charge on any atom is 0.254 e. The maximum atomic E-state index is 13.2. The molecule has 2 aromatic carbocycles. The number of hydrogen-bond acceptors (Lipinski definition) is 4. The van der Waals surface area contributed by atoms with Crippen LogP contribution < -0.4 is 0 Å². The van der Waals surface area contributed by atoms with Crippen LogP contribution in [0.5, 0.6) is 0 Å². The van der Waals surface area contributed by atoms with Crippen molar-refractivity contribution in [3.05, 3.63) is 71.8 Å². The van der Waals surface area contributed by atoms with Gasteiger partial charge < -0.3 is 4.90 Å². The summed E-state index contributed by atoms with van der Waals surface area (Å²) in [6.07, 6.45) is 6.05. The number of nitrogens with one attached hydrogen (secondary N) is 1. The third kappa shape index (κ3) is 4.88. The Hall–Kier alpha value is -3.28. The largest absolute Gasteiger partial charge is 0.335 e. The first-order valence-corrected chi connectivity index (χ1v) is 9.13. The molecule has 0 unspecified atom stereocenters. The van der Waals surface area contributed by atoms with Gasteiger partial charge in [0.2, 0.25) is 5.82 Å². The highest BCUT2D eigenvalue weighted by molar-refractivity contribution is 6.00. The molecular weight excluding hydrogens is 338 g/mol. The first-order chi connectivity index (χ1) is 13.3. The monoisotopic (exact) mass is 361 g/mol. The van der Waals surface area contributed by atoms with E-state index in [0.29, 0.717) is 30.0 Å². The number of aromatic amines is 1. The van der Waals surface area contributed by atoms with Gasteiger partial charge in [0.1, 0.15) is 0 Å². The van der Waals surface area contributed by atoms with E-state index in [1.165, 1.54) is 0 Å². The highest BCUT2D eigenvalue weighted by Crippen LogP contribution is 2.21. The average molecular weight is 361 g/mol. The summed E-state index contributed by atoms with van der Waals surface area (Å²) < 4.78 is 0. The molecule has 0 saturated heterocycles. The maximum absolute atomic E-state index is 13.2. The molecule has 3 aromatic rings. The summed E-state index contributed by atoms with van der Waals surface area (Å²) >= 11 is 0. The number of tetrazole rings is 1. The van der Waals surface area contributed by atoms with E-state index in [2.05, 4.69) is 27.5 Å². The molecule has 27 heavy (non-hydrogen) atoms. The van der Waals surface area contributed by atoms with Crippen molar-refractivity contribution in [1.29, 1.82) is 0 Å². The molecule has 3 rings (SSSR count). The number of benzene rings is 2. The van der Waals surface area contributed by atoms with Crippen LogP contribution in [0.1, 0.15) is 35.7 Å². The van der Waals surface area contributed by atoms with Gasteiger partial charge in [0.15, 0.2) is 0 Å². The van der Waals surface area contributed by atoms with Crippen LogP contribution in [-0.4, -0.2) is 44.5 Å². The predicted molar refractivity (Wildman–Crippen MR) is 106 cm³/mol. The van der Waals surface area contributed by atoms with Gasteiger partial charge in [-0.15, -0.1) is 10.2 Å². The van der Waals surface area contributed by atoms with Crippen LogP contribution in [0.15, 0.2) is 60.7 Å². The molecule has 0 saturated carbocycles. The van der Waals surface area contributed by atoms with Crippen molar-refractivity contribution < 1.29 is 4.79 Å². The Bertz CT molecular complexity index is 875. The van der Waals surface area contributed by atoms with E-state index >= 15 is 0 Å². The Morgan fingerprint density at radius 2 is 1.89 bits per heavy atom. The van der Waals surface area contributed by atoms with Gasteiger partial charge in [-0.3, -0.25) is 4.79 Å². The first kappa shape index (κ1) is 18.5. The first-order valence-electron chi connectivity index (χ1n) is 9.13. The third-order valence-electron chi connectivity index (χ3n) is 4.25. The molecular formula is C21H23N5O. The van der Waals surface area contributed by atoms with E-state index in [1.54, 1.807) is 0 Å². The zero-order chi connectivity index (χ0) is 18.9. The zero-order valence-corrected chi connectivity index (χ0v) is 15.4. The van der Waals surface area contributed by atoms with Gasteiger partial charge in [0, 0.05) is 18.7 Å². The molecule has 0 spiro atoms. The number of H-pyrrole nitrogens is 1. The topological polar surface area (TPSA) is 74.8 Å². The highest BCUT2D eigenvalue weighted by Gasteiger charge is 2.20. The zero-order valence-electron chi connectivity index (χ0n) is 15.4. The minimum atomic E-state index is -0.0263. The second kappa shape index (κ2) is 9.43. The molecule has 6 heteroatoms. The Morgan fingerprint density at radius 1 is 1.11 bits per heavy atom. The molecule has 138 valence electrons. The van der Waals surface area contributed by atoms with Crippen LogP contribution in [0.4, 0.5) is 0 Å². The Labute approximate surface area is 158 Å². The lowest BCUT2D eigenvalue weighted by Gasteiger charge is -2.22. The standard InChI is InChI=1S/C21H23N5O/c1-2-3-15-26(16-9-12-17-10-5-4-6-11-17)21(27)19-14-8-7-13-18(19)20-22-24-25-23-20/h4-14H,2-3,15-16H2,1H3,(H,22,23,24,25). The third-order valence-corrected chi connectivity index (χ3v) is 4.25. The fourth-order valence-corrected chi connectivity index (χ4v) is 2.82. The van der Waals surface area contributed by atoms with Crippen molar-refractivity contribution in [2.75, 3.05) is 13.1 Å². The number of rotatable bonds is 8. The number of amides is 1.